The Morgan fingerprint density at radius 2 is 1.72 bits per heavy atom. The number of hydrogen-bond donors (Lipinski definition) is 2. The number of benzene rings is 2. The maximum atomic E-state index is 13.9. The molecule has 2 aromatic carbocycles. The molecule has 0 unspecified atom stereocenters. The molecule has 2 fully saturated rings. The minimum atomic E-state index is -2.67. The number of anilines is 3. The molecule has 4 aromatic rings. The molecule has 9 nitrogen and oxygen atoms in total. The Hall–Kier alpha value is -4.38. The Kier molecular flexibility index (Phi) is 8.90. The number of hydrogen-bond acceptors (Lipinski definition) is 6. The van der Waals surface area contributed by atoms with E-state index in [0.717, 1.165) is 53.8 Å². The van der Waals surface area contributed by atoms with Gasteiger partial charge in [-0.05, 0) is 116 Å². The van der Waals surface area contributed by atoms with Crippen LogP contribution in [0, 0.1) is 6.92 Å². The number of nitrogens with zero attached hydrogens (tertiary/aromatic N) is 5. The number of carbonyl (C=O) groups excluding carboxylic acids is 2. The summed E-state index contributed by atoms with van der Waals surface area (Å²) < 4.78 is 28.5. The monoisotopic (exact) mass is 683 g/mol. The van der Waals surface area contributed by atoms with Gasteiger partial charge in [-0.25, -0.2) is 18.7 Å². The van der Waals surface area contributed by atoms with Crippen LogP contribution in [0.3, 0.4) is 0 Å². The highest BCUT2D eigenvalue weighted by molar-refractivity contribution is 6.09. The van der Waals surface area contributed by atoms with Crippen LogP contribution in [0.5, 0.6) is 0 Å². The van der Waals surface area contributed by atoms with Crippen LogP contribution in [0.15, 0.2) is 48.8 Å². The third-order valence-electron chi connectivity index (χ3n) is 10.9. The van der Waals surface area contributed by atoms with Crippen molar-refractivity contribution in [2.45, 2.75) is 110 Å². The fourth-order valence-electron chi connectivity index (χ4n) is 7.77. The SMILES string of the molecule is Cc1ccc(Nc2nc(-c3ccc4c(c3)N(C3CC(N5CCCCC5)C3)C(=O)C4(C)C)cc3ncn(C(C)C)c23)cc1C(=O)N[C@@H](C)C(F)F. The Morgan fingerprint density at radius 3 is 2.42 bits per heavy atom. The Balaban J connectivity index is 1.24. The van der Waals surface area contributed by atoms with Crippen LogP contribution in [-0.4, -0.2) is 68.9 Å². The van der Waals surface area contributed by atoms with Gasteiger partial charge < -0.3 is 25.0 Å². The van der Waals surface area contributed by atoms with E-state index in [1.807, 2.05) is 36.6 Å². The minimum Gasteiger partial charge on any atom is -0.344 e. The Labute approximate surface area is 292 Å². The molecule has 264 valence electrons. The summed E-state index contributed by atoms with van der Waals surface area (Å²) in [4.78, 5) is 41.4. The molecule has 1 saturated heterocycles. The molecule has 2 amide bonds. The first kappa shape index (κ1) is 34.1. The average molecular weight is 684 g/mol. The van der Waals surface area contributed by atoms with Crippen molar-refractivity contribution in [3.05, 3.63) is 65.5 Å². The van der Waals surface area contributed by atoms with Gasteiger partial charge in [0.2, 0.25) is 5.91 Å². The average Bonchev–Trinajstić information content (AvgIpc) is 3.59. The number of likely N-dealkylation sites (tertiary alicyclic amines) is 1. The van der Waals surface area contributed by atoms with Gasteiger partial charge >= 0.3 is 0 Å². The number of nitrogens with one attached hydrogen (secondary N) is 2. The third-order valence-corrected chi connectivity index (χ3v) is 10.9. The fraction of sp³-hybridized carbons (Fsp3) is 0.487. The molecule has 2 aliphatic heterocycles. The van der Waals surface area contributed by atoms with Gasteiger partial charge in [0.05, 0.1) is 29.0 Å². The van der Waals surface area contributed by atoms with E-state index in [9.17, 15) is 18.4 Å². The number of fused-ring (bicyclic) bond motifs is 2. The van der Waals surface area contributed by atoms with Gasteiger partial charge in [0, 0.05) is 40.6 Å². The zero-order valence-corrected chi connectivity index (χ0v) is 29.8. The van der Waals surface area contributed by atoms with Crippen LogP contribution >= 0.6 is 0 Å². The predicted molar refractivity (Wildman–Crippen MR) is 193 cm³/mol. The molecule has 1 saturated carbocycles. The number of carbonyl (C=O) groups is 2. The molecule has 0 bridgehead atoms. The van der Waals surface area contributed by atoms with Gasteiger partial charge in [-0.2, -0.15) is 0 Å². The summed E-state index contributed by atoms with van der Waals surface area (Å²) in [6.45, 7) is 13.5. The van der Waals surface area contributed by atoms with E-state index in [4.69, 9.17) is 9.97 Å². The third kappa shape index (κ3) is 6.03. The van der Waals surface area contributed by atoms with Crippen molar-refractivity contribution in [3.8, 4) is 11.3 Å². The van der Waals surface area contributed by atoms with Gasteiger partial charge in [0.15, 0.2) is 5.82 Å². The molecule has 1 atom stereocenters. The minimum absolute atomic E-state index is 0.0985. The normalized spacial score (nSPS) is 21.1. The van der Waals surface area contributed by atoms with Gasteiger partial charge in [-0.3, -0.25) is 9.59 Å². The zero-order chi connectivity index (χ0) is 35.5. The van der Waals surface area contributed by atoms with E-state index in [-0.39, 0.29) is 18.0 Å². The topological polar surface area (TPSA) is 95.4 Å². The second kappa shape index (κ2) is 13.1. The van der Waals surface area contributed by atoms with Crippen LogP contribution in [0.1, 0.15) is 94.2 Å². The van der Waals surface area contributed by atoms with Crippen molar-refractivity contribution < 1.29 is 18.4 Å². The highest BCUT2D eigenvalue weighted by atomic mass is 19.3. The number of aromatic nitrogens is 3. The lowest BCUT2D eigenvalue weighted by atomic mass is 9.82. The van der Waals surface area contributed by atoms with Gasteiger partial charge in [-0.15, -0.1) is 0 Å². The molecule has 1 aliphatic carbocycles. The van der Waals surface area contributed by atoms with Crippen LogP contribution in [0.25, 0.3) is 22.3 Å². The van der Waals surface area contributed by atoms with Gasteiger partial charge in [0.25, 0.3) is 12.3 Å². The number of rotatable bonds is 9. The number of piperidine rings is 1. The second-order valence-corrected chi connectivity index (χ2v) is 15.1. The summed E-state index contributed by atoms with van der Waals surface area (Å²) in [5.41, 5.74) is 6.06. The summed E-state index contributed by atoms with van der Waals surface area (Å²) in [5, 5.41) is 5.82. The molecule has 7 rings (SSSR count). The van der Waals surface area contributed by atoms with E-state index < -0.39 is 23.8 Å². The smallest absolute Gasteiger partial charge is 0.258 e. The highest BCUT2D eigenvalue weighted by Crippen LogP contribution is 2.48. The molecule has 50 heavy (non-hydrogen) atoms. The van der Waals surface area contributed by atoms with E-state index in [0.29, 0.717) is 34.4 Å². The number of amides is 2. The van der Waals surface area contributed by atoms with E-state index >= 15 is 0 Å². The first-order chi connectivity index (χ1) is 23.8. The number of halogens is 2. The molecular weight excluding hydrogens is 636 g/mol. The van der Waals surface area contributed by atoms with E-state index in [1.54, 1.807) is 25.4 Å². The standard InChI is InChI=1S/C39H47F2N7O2/c1-22(2)47-21-42-32-20-31(45-36(34(32)47)44-26-12-10-23(3)29(17-26)37(49)43-24(4)35(40)41)25-11-13-30-33(16-25)48(38(50)39(30,5)6)28-18-27(19-28)46-14-8-7-9-15-46/h10-13,16-17,20-22,24,27-28,35H,7-9,14-15,18-19H2,1-6H3,(H,43,49)(H,44,45)/t24-,27?,28?/m0/s1. The van der Waals surface area contributed by atoms with Crippen molar-refractivity contribution in [3.63, 3.8) is 0 Å². The van der Waals surface area contributed by atoms with Crippen molar-refractivity contribution >= 4 is 40.0 Å². The summed E-state index contributed by atoms with van der Waals surface area (Å²) in [7, 11) is 0. The first-order valence-electron chi connectivity index (χ1n) is 17.9. The zero-order valence-electron chi connectivity index (χ0n) is 29.8. The highest BCUT2D eigenvalue weighted by Gasteiger charge is 2.50. The summed E-state index contributed by atoms with van der Waals surface area (Å²) in [5.74, 6) is 0.138. The quantitative estimate of drug-likeness (QED) is 0.187. The van der Waals surface area contributed by atoms with Crippen LogP contribution in [-0.2, 0) is 10.2 Å². The van der Waals surface area contributed by atoms with Crippen LogP contribution in [0.2, 0.25) is 0 Å². The molecule has 0 radical (unpaired) electrons. The van der Waals surface area contributed by atoms with Crippen molar-refractivity contribution in [2.75, 3.05) is 23.3 Å². The molecule has 4 heterocycles. The Morgan fingerprint density at radius 1 is 0.980 bits per heavy atom. The second-order valence-electron chi connectivity index (χ2n) is 15.1. The summed E-state index contributed by atoms with van der Waals surface area (Å²) in [6, 6.07) is 13.0. The molecule has 11 heteroatoms. The van der Waals surface area contributed by atoms with Gasteiger partial charge in [0.1, 0.15) is 5.52 Å². The lowest BCUT2D eigenvalue weighted by Gasteiger charge is -2.48. The number of pyridine rings is 1. The number of alkyl halides is 2. The maximum Gasteiger partial charge on any atom is 0.258 e. The molecule has 3 aliphatic rings. The van der Waals surface area contributed by atoms with Crippen molar-refractivity contribution in [1.82, 2.24) is 24.8 Å². The first-order valence-corrected chi connectivity index (χ1v) is 17.9. The van der Waals surface area contributed by atoms with Crippen LogP contribution in [0.4, 0.5) is 26.0 Å². The lowest BCUT2D eigenvalue weighted by molar-refractivity contribution is -0.123. The molecule has 2 aromatic heterocycles. The van der Waals surface area contributed by atoms with Crippen molar-refractivity contribution in [1.29, 1.82) is 0 Å². The van der Waals surface area contributed by atoms with E-state index in [1.165, 1.54) is 26.2 Å². The number of aryl methyl sites for hydroxylation is 1. The summed E-state index contributed by atoms with van der Waals surface area (Å²) >= 11 is 0. The Bertz CT molecular complexity index is 1940. The lowest BCUT2D eigenvalue weighted by Crippen LogP contribution is -2.57. The van der Waals surface area contributed by atoms with Gasteiger partial charge in [-0.1, -0.05) is 24.6 Å². The molecule has 2 N–H and O–H groups in total. The summed E-state index contributed by atoms with van der Waals surface area (Å²) in [6.07, 6.45) is 4.94. The largest absolute Gasteiger partial charge is 0.344 e. The fourth-order valence-corrected chi connectivity index (χ4v) is 7.77. The predicted octanol–water partition coefficient (Wildman–Crippen LogP) is 7.76. The number of imidazole rings is 1. The van der Waals surface area contributed by atoms with Crippen LogP contribution < -0.4 is 15.5 Å². The molecular formula is C39H47F2N7O2. The molecule has 0 spiro atoms. The van der Waals surface area contributed by atoms with Crippen molar-refractivity contribution in [2.24, 2.45) is 0 Å². The maximum absolute atomic E-state index is 13.9. The van der Waals surface area contributed by atoms with E-state index in [2.05, 4.69) is 46.4 Å².